The molecule has 0 bridgehead atoms. The van der Waals surface area contributed by atoms with Crippen LogP contribution in [0.15, 0.2) is 41.3 Å². The van der Waals surface area contributed by atoms with Crippen LogP contribution in [0.4, 0.5) is 4.39 Å². The lowest BCUT2D eigenvalue weighted by atomic mass is 10.0. The molecule has 0 saturated carbocycles. The molecule has 2 nitrogen and oxygen atoms in total. The highest BCUT2D eigenvalue weighted by Gasteiger charge is 2.16. The summed E-state index contributed by atoms with van der Waals surface area (Å²) in [5, 5.41) is 0. The van der Waals surface area contributed by atoms with E-state index >= 15 is 0 Å². The summed E-state index contributed by atoms with van der Waals surface area (Å²) in [6, 6.07) is 10.2. The van der Waals surface area contributed by atoms with Crippen molar-refractivity contribution in [2.24, 2.45) is 0 Å². The van der Waals surface area contributed by atoms with Crippen LogP contribution in [0.1, 0.15) is 21.5 Å². The molecule has 2 aromatic rings. The summed E-state index contributed by atoms with van der Waals surface area (Å²) in [7, 11) is 1.55. The summed E-state index contributed by atoms with van der Waals surface area (Å²) >= 11 is 1.20. The van der Waals surface area contributed by atoms with Crippen molar-refractivity contribution in [3.05, 3.63) is 58.9 Å². The number of thioether (sulfide) groups is 1. The zero-order valence-electron chi connectivity index (χ0n) is 12.3. The molecule has 0 atom stereocenters. The molecule has 0 amide bonds. The molecular formula is C17H17FO2S. The molecule has 2 rings (SSSR count). The molecular weight excluding hydrogens is 287 g/mol. The van der Waals surface area contributed by atoms with Crippen molar-refractivity contribution in [1.82, 2.24) is 0 Å². The molecule has 0 aliphatic heterocycles. The van der Waals surface area contributed by atoms with E-state index in [1.165, 1.54) is 17.8 Å². The number of rotatable bonds is 5. The van der Waals surface area contributed by atoms with Crippen LogP contribution >= 0.6 is 11.8 Å². The number of aryl methyl sites for hydroxylation is 2. The van der Waals surface area contributed by atoms with Gasteiger partial charge in [0.25, 0.3) is 0 Å². The molecule has 2 aromatic carbocycles. The van der Waals surface area contributed by atoms with Crippen molar-refractivity contribution >= 4 is 17.5 Å². The highest BCUT2D eigenvalue weighted by molar-refractivity contribution is 8.00. The molecule has 0 aliphatic carbocycles. The van der Waals surface area contributed by atoms with Gasteiger partial charge in [-0.1, -0.05) is 18.2 Å². The third kappa shape index (κ3) is 3.64. The second-order valence-corrected chi connectivity index (χ2v) is 5.82. The van der Waals surface area contributed by atoms with Crippen LogP contribution in [0.3, 0.4) is 0 Å². The smallest absolute Gasteiger partial charge is 0.177 e. The molecule has 0 saturated heterocycles. The van der Waals surface area contributed by atoms with E-state index < -0.39 is 0 Å². The lowest BCUT2D eigenvalue weighted by molar-refractivity contribution is 0.101. The van der Waals surface area contributed by atoms with Gasteiger partial charge in [0.1, 0.15) is 11.6 Å². The molecule has 0 aromatic heterocycles. The number of hydrogen-bond acceptors (Lipinski definition) is 3. The van der Waals surface area contributed by atoms with Gasteiger partial charge in [0, 0.05) is 4.90 Å². The van der Waals surface area contributed by atoms with Gasteiger partial charge in [0.15, 0.2) is 5.78 Å². The van der Waals surface area contributed by atoms with Gasteiger partial charge in [-0.05, 0) is 43.2 Å². The predicted octanol–water partition coefficient (Wildman–Crippen LogP) is 4.43. The van der Waals surface area contributed by atoms with E-state index in [4.69, 9.17) is 4.74 Å². The number of halogens is 1. The van der Waals surface area contributed by atoms with Gasteiger partial charge >= 0.3 is 0 Å². The summed E-state index contributed by atoms with van der Waals surface area (Å²) < 4.78 is 18.9. The van der Waals surface area contributed by atoms with E-state index in [1.807, 2.05) is 26.0 Å². The Hall–Kier alpha value is -1.81. The van der Waals surface area contributed by atoms with Crippen LogP contribution in [0.5, 0.6) is 5.75 Å². The zero-order chi connectivity index (χ0) is 15.4. The molecule has 0 spiro atoms. The number of ether oxygens (including phenoxy) is 1. The molecule has 0 fully saturated rings. The fourth-order valence-electron chi connectivity index (χ4n) is 2.22. The Bertz CT molecular complexity index is 668. The van der Waals surface area contributed by atoms with Gasteiger partial charge in [-0.2, -0.15) is 0 Å². The summed E-state index contributed by atoms with van der Waals surface area (Å²) in [5.74, 6) is 0.397. The quantitative estimate of drug-likeness (QED) is 0.604. The van der Waals surface area contributed by atoms with Crippen LogP contribution in [0.2, 0.25) is 0 Å². The maximum Gasteiger partial charge on any atom is 0.177 e. The van der Waals surface area contributed by atoms with E-state index in [2.05, 4.69) is 0 Å². The Balaban J connectivity index is 2.20. The summed E-state index contributed by atoms with van der Waals surface area (Å²) in [6.07, 6.45) is 0. The van der Waals surface area contributed by atoms with Gasteiger partial charge in [-0.15, -0.1) is 11.8 Å². The molecule has 110 valence electrons. The second kappa shape index (κ2) is 6.76. The summed E-state index contributed by atoms with van der Waals surface area (Å²) in [5.41, 5.74) is 2.50. The van der Waals surface area contributed by atoms with Crippen molar-refractivity contribution in [2.45, 2.75) is 18.7 Å². The van der Waals surface area contributed by atoms with E-state index in [0.29, 0.717) is 16.2 Å². The lowest BCUT2D eigenvalue weighted by Crippen LogP contribution is -2.08. The van der Waals surface area contributed by atoms with Gasteiger partial charge in [-0.25, -0.2) is 4.39 Å². The highest BCUT2D eigenvalue weighted by Crippen LogP contribution is 2.28. The van der Waals surface area contributed by atoms with Gasteiger partial charge in [-0.3, -0.25) is 4.79 Å². The number of carbonyl (C=O) groups excluding carboxylic acids is 1. The largest absolute Gasteiger partial charge is 0.496 e. The number of Topliss-reactive ketones (excluding diaryl/α,β-unsaturated/α-hetero) is 1. The first-order valence-electron chi connectivity index (χ1n) is 6.58. The third-order valence-corrected chi connectivity index (χ3v) is 4.19. The first kappa shape index (κ1) is 15.6. The van der Waals surface area contributed by atoms with Crippen molar-refractivity contribution in [2.75, 3.05) is 12.9 Å². The minimum atomic E-state index is -0.303. The van der Waals surface area contributed by atoms with Crippen molar-refractivity contribution in [3.8, 4) is 5.75 Å². The number of ketones is 1. The summed E-state index contributed by atoms with van der Waals surface area (Å²) in [6.45, 7) is 3.84. The maximum atomic E-state index is 13.6. The van der Waals surface area contributed by atoms with Crippen molar-refractivity contribution in [3.63, 3.8) is 0 Å². The van der Waals surface area contributed by atoms with E-state index in [-0.39, 0.29) is 17.4 Å². The molecule has 0 radical (unpaired) electrons. The number of methoxy groups -OCH3 is 1. The maximum absolute atomic E-state index is 13.6. The van der Waals surface area contributed by atoms with Crippen LogP contribution < -0.4 is 4.74 Å². The Morgan fingerprint density at radius 3 is 2.62 bits per heavy atom. The standard InChI is InChI=1S/C17H17FO2S/c1-11-8-12(2)17(15(9-11)20-3)14(19)10-21-16-7-5-4-6-13(16)18/h4-9H,10H2,1-3H3. The third-order valence-electron chi connectivity index (χ3n) is 3.14. The van der Waals surface area contributed by atoms with Crippen molar-refractivity contribution < 1.29 is 13.9 Å². The SMILES string of the molecule is COc1cc(C)cc(C)c1C(=O)CSc1ccccc1F. The van der Waals surface area contributed by atoms with Gasteiger partial charge < -0.3 is 4.74 Å². The topological polar surface area (TPSA) is 26.3 Å². The first-order valence-corrected chi connectivity index (χ1v) is 7.57. The fraction of sp³-hybridized carbons (Fsp3) is 0.235. The van der Waals surface area contributed by atoms with E-state index in [0.717, 1.165) is 11.1 Å². The van der Waals surface area contributed by atoms with Crippen LogP contribution in [0, 0.1) is 19.7 Å². The predicted molar refractivity (Wildman–Crippen MR) is 83.9 cm³/mol. The van der Waals surface area contributed by atoms with Crippen LogP contribution in [0.25, 0.3) is 0 Å². The highest BCUT2D eigenvalue weighted by atomic mass is 32.2. The Kier molecular flexibility index (Phi) is 5.02. The van der Waals surface area contributed by atoms with Crippen LogP contribution in [-0.2, 0) is 0 Å². The van der Waals surface area contributed by atoms with Crippen LogP contribution in [-0.4, -0.2) is 18.6 Å². The Morgan fingerprint density at radius 2 is 1.95 bits per heavy atom. The average Bonchev–Trinajstić information content (AvgIpc) is 2.45. The average molecular weight is 304 g/mol. The second-order valence-electron chi connectivity index (χ2n) is 4.80. The molecule has 21 heavy (non-hydrogen) atoms. The number of benzene rings is 2. The molecule has 0 heterocycles. The molecule has 0 N–H and O–H groups in total. The van der Waals surface area contributed by atoms with Gasteiger partial charge in [0.05, 0.1) is 18.4 Å². The number of carbonyl (C=O) groups is 1. The monoisotopic (exact) mass is 304 g/mol. The van der Waals surface area contributed by atoms with E-state index in [9.17, 15) is 9.18 Å². The normalized spacial score (nSPS) is 10.5. The fourth-order valence-corrected chi connectivity index (χ4v) is 3.04. The lowest BCUT2D eigenvalue weighted by Gasteiger charge is -2.12. The minimum absolute atomic E-state index is 0.0578. The minimum Gasteiger partial charge on any atom is -0.496 e. The van der Waals surface area contributed by atoms with Crippen molar-refractivity contribution in [1.29, 1.82) is 0 Å². The molecule has 0 aliphatic rings. The molecule has 0 unspecified atom stereocenters. The zero-order valence-corrected chi connectivity index (χ0v) is 13.1. The Labute approximate surface area is 128 Å². The summed E-state index contributed by atoms with van der Waals surface area (Å²) in [4.78, 5) is 12.9. The number of hydrogen-bond donors (Lipinski definition) is 0. The van der Waals surface area contributed by atoms with E-state index in [1.54, 1.807) is 25.3 Å². The van der Waals surface area contributed by atoms with Gasteiger partial charge in [0.2, 0.25) is 0 Å². The molecule has 4 heteroatoms. The Morgan fingerprint density at radius 1 is 1.24 bits per heavy atom. The first-order chi connectivity index (χ1) is 10.0.